The van der Waals surface area contributed by atoms with Gasteiger partial charge in [-0.2, -0.15) is 0 Å². The van der Waals surface area contributed by atoms with Gasteiger partial charge in [-0.05, 0) is 36.8 Å². The van der Waals surface area contributed by atoms with Crippen molar-refractivity contribution in [2.24, 2.45) is 0 Å². The summed E-state index contributed by atoms with van der Waals surface area (Å²) in [5.74, 6) is 2.48. The number of unbranched alkanes of at least 4 members (excludes halogenated alkanes) is 1. The molecule has 0 spiro atoms. The van der Waals surface area contributed by atoms with Gasteiger partial charge in [0.1, 0.15) is 0 Å². The maximum Gasteiger partial charge on any atom is 0.185 e. The average Bonchev–Trinajstić information content (AvgIpc) is 2.25. The van der Waals surface area contributed by atoms with Crippen LogP contribution in [0.5, 0.6) is 0 Å². The molecule has 0 heterocycles. The quantitative estimate of drug-likeness (QED) is 0.327. The third-order valence-corrected chi connectivity index (χ3v) is 2.11. The molecule has 1 nitrogen and oxygen atoms in total. The molecule has 0 N–H and O–H groups in total. The van der Waals surface area contributed by atoms with Crippen LogP contribution >= 0.6 is 11.6 Å². The molecular weight excluding hydrogens is 208 g/mol. The fourth-order valence-electron chi connectivity index (χ4n) is 1.07. The number of rotatable bonds is 4. The lowest BCUT2D eigenvalue weighted by Crippen LogP contribution is -1.92. The van der Waals surface area contributed by atoms with Crippen LogP contribution in [0.15, 0.2) is 36.4 Å². The highest BCUT2D eigenvalue weighted by Crippen LogP contribution is 2.10. The maximum absolute atomic E-state index is 11.5. The second-order valence-electron chi connectivity index (χ2n) is 3.02. The number of benzene rings is 1. The Morgan fingerprint density at radius 3 is 2.67 bits per heavy atom. The van der Waals surface area contributed by atoms with Gasteiger partial charge in [0, 0.05) is 17.0 Å². The van der Waals surface area contributed by atoms with Gasteiger partial charge in [0.25, 0.3) is 0 Å². The van der Waals surface area contributed by atoms with Gasteiger partial charge >= 0.3 is 0 Å². The van der Waals surface area contributed by atoms with Crippen LogP contribution in [0.25, 0.3) is 0 Å². The zero-order valence-electron chi connectivity index (χ0n) is 8.24. The molecule has 0 aliphatic heterocycles. The molecule has 1 rings (SSSR count). The van der Waals surface area contributed by atoms with Crippen molar-refractivity contribution < 1.29 is 4.79 Å². The summed E-state index contributed by atoms with van der Waals surface area (Å²) in [6.45, 7) is 0. The molecule has 0 aromatic heterocycles. The van der Waals surface area contributed by atoms with Crippen molar-refractivity contribution in [1.82, 2.24) is 0 Å². The molecule has 0 aliphatic rings. The Kier molecular flexibility index (Phi) is 4.66. The highest BCUT2D eigenvalue weighted by atomic mass is 35.5. The molecule has 0 radical (unpaired) electrons. The third-order valence-electron chi connectivity index (χ3n) is 1.85. The Hall–Kier alpha value is -1.52. The molecule has 2 heteroatoms. The molecule has 15 heavy (non-hydrogen) atoms. The molecule has 0 bridgehead atoms. The van der Waals surface area contributed by atoms with Gasteiger partial charge in [0.2, 0.25) is 0 Å². The van der Waals surface area contributed by atoms with Crippen LogP contribution < -0.4 is 0 Å². The smallest absolute Gasteiger partial charge is 0.185 e. The first-order chi connectivity index (χ1) is 7.24. The van der Waals surface area contributed by atoms with Crippen LogP contribution in [0, 0.1) is 12.3 Å². The van der Waals surface area contributed by atoms with Crippen molar-refractivity contribution in [3.05, 3.63) is 47.0 Å². The lowest BCUT2D eigenvalue weighted by atomic mass is 10.1. The topological polar surface area (TPSA) is 17.1 Å². The molecule has 1 aromatic carbocycles. The van der Waals surface area contributed by atoms with Crippen LogP contribution in [0.4, 0.5) is 0 Å². The number of carbonyl (C=O) groups is 1. The number of hydrogen-bond acceptors (Lipinski definition) is 1. The third kappa shape index (κ3) is 4.01. The van der Waals surface area contributed by atoms with Gasteiger partial charge in [-0.1, -0.05) is 17.7 Å². The second kappa shape index (κ2) is 6.06. The summed E-state index contributed by atoms with van der Waals surface area (Å²) in [6, 6.07) is 6.81. The summed E-state index contributed by atoms with van der Waals surface area (Å²) in [6.07, 6.45) is 9.81. The minimum Gasteiger partial charge on any atom is -0.289 e. The number of carbonyl (C=O) groups excluding carboxylic acids is 1. The SMILES string of the molecule is C#CCC/C=C/C(=O)c1ccc(Cl)cc1. The Bertz CT molecular complexity index is 396. The predicted octanol–water partition coefficient (Wildman–Crippen LogP) is 3.49. The molecule has 0 saturated heterocycles. The molecule has 0 fully saturated rings. The lowest BCUT2D eigenvalue weighted by molar-refractivity contribution is 0.104. The molecule has 76 valence electrons. The van der Waals surface area contributed by atoms with Crippen molar-refractivity contribution in [3.8, 4) is 12.3 Å². The summed E-state index contributed by atoms with van der Waals surface area (Å²) in [7, 11) is 0. The Morgan fingerprint density at radius 1 is 1.40 bits per heavy atom. The van der Waals surface area contributed by atoms with E-state index < -0.39 is 0 Å². The predicted molar refractivity (Wildman–Crippen MR) is 63.0 cm³/mol. The van der Waals surface area contributed by atoms with Crippen molar-refractivity contribution in [1.29, 1.82) is 0 Å². The normalized spacial score (nSPS) is 10.1. The zero-order valence-corrected chi connectivity index (χ0v) is 9.00. The number of ketones is 1. The maximum atomic E-state index is 11.5. The molecular formula is C13H11ClO. The lowest BCUT2D eigenvalue weighted by Gasteiger charge is -1.95. The molecule has 1 aromatic rings. The summed E-state index contributed by atoms with van der Waals surface area (Å²) >= 11 is 5.71. The Labute approximate surface area is 94.8 Å². The van der Waals surface area contributed by atoms with E-state index in [0.717, 1.165) is 6.42 Å². The van der Waals surface area contributed by atoms with Crippen LogP contribution in [0.1, 0.15) is 23.2 Å². The first-order valence-electron chi connectivity index (χ1n) is 4.64. The standard InChI is InChI=1S/C13H11ClO/c1-2-3-4-5-6-13(15)11-7-9-12(14)10-8-11/h1,5-10H,3-4H2/b6-5+. The van der Waals surface area contributed by atoms with Crippen LogP contribution in [0.2, 0.25) is 5.02 Å². The minimum absolute atomic E-state index is 0.0244. The molecule has 0 aliphatic carbocycles. The van der Waals surface area contributed by atoms with E-state index in [2.05, 4.69) is 5.92 Å². The van der Waals surface area contributed by atoms with Crippen LogP contribution in [-0.2, 0) is 0 Å². The second-order valence-corrected chi connectivity index (χ2v) is 3.45. The van der Waals surface area contributed by atoms with E-state index in [1.807, 2.05) is 0 Å². The van der Waals surface area contributed by atoms with Gasteiger partial charge in [-0.3, -0.25) is 4.79 Å². The van der Waals surface area contributed by atoms with E-state index in [9.17, 15) is 4.79 Å². The van der Waals surface area contributed by atoms with Gasteiger partial charge in [0.15, 0.2) is 5.78 Å². The molecule has 0 unspecified atom stereocenters. The summed E-state index contributed by atoms with van der Waals surface area (Å²) in [5, 5.41) is 0.628. The monoisotopic (exact) mass is 218 g/mol. The zero-order chi connectivity index (χ0) is 11.1. The number of terminal acetylenes is 1. The molecule has 0 atom stereocenters. The number of hydrogen-bond donors (Lipinski definition) is 0. The minimum atomic E-state index is -0.0244. The first-order valence-corrected chi connectivity index (χ1v) is 5.01. The molecule has 0 saturated carbocycles. The fourth-order valence-corrected chi connectivity index (χ4v) is 1.19. The Balaban J connectivity index is 2.58. The highest BCUT2D eigenvalue weighted by Gasteiger charge is 1.99. The van der Waals surface area contributed by atoms with Crippen molar-refractivity contribution in [2.75, 3.05) is 0 Å². The highest BCUT2D eigenvalue weighted by molar-refractivity contribution is 6.30. The summed E-state index contributed by atoms with van der Waals surface area (Å²) in [4.78, 5) is 11.5. The van der Waals surface area contributed by atoms with Crippen LogP contribution in [0.3, 0.4) is 0 Å². The Morgan fingerprint density at radius 2 is 2.07 bits per heavy atom. The van der Waals surface area contributed by atoms with E-state index in [0.29, 0.717) is 17.0 Å². The van der Waals surface area contributed by atoms with E-state index in [1.165, 1.54) is 0 Å². The van der Waals surface area contributed by atoms with E-state index in [1.54, 1.807) is 36.4 Å². The van der Waals surface area contributed by atoms with Gasteiger partial charge in [0.05, 0.1) is 0 Å². The van der Waals surface area contributed by atoms with Gasteiger partial charge in [-0.15, -0.1) is 12.3 Å². The van der Waals surface area contributed by atoms with Crippen molar-refractivity contribution in [2.45, 2.75) is 12.8 Å². The summed E-state index contributed by atoms with van der Waals surface area (Å²) < 4.78 is 0. The van der Waals surface area contributed by atoms with E-state index >= 15 is 0 Å². The van der Waals surface area contributed by atoms with Crippen LogP contribution in [-0.4, -0.2) is 5.78 Å². The largest absolute Gasteiger partial charge is 0.289 e. The van der Waals surface area contributed by atoms with E-state index in [4.69, 9.17) is 18.0 Å². The first kappa shape index (κ1) is 11.6. The fraction of sp³-hybridized carbons (Fsp3) is 0.154. The van der Waals surface area contributed by atoms with E-state index in [-0.39, 0.29) is 5.78 Å². The summed E-state index contributed by atoms with van der Waals surface area (Å²) in [5.41, 5.74) is 0.636. The average molecular weight is 219 g/mol. The van der Waals surface area contributed by atoms with Gasteiger partial charge in [-0.25, -0.2) is 0 Å². The van der Waals surface area contributed by atoms with Gasteiger partial charge < -0.3 is 0 Å². The van der Waals surface area contributed by atoms with Crippen molar-refractivity contribution in [3.63, 3.8) is 0 Å². The number of halogens is 1. The molecule has 0 amide bonds. The number of allylic oxidation sites excluding steroid dienone is 2. The van der Waals surface area contributed by atoms with Crippen molar-refractivity contribution >= 4 is 17.4 Å².